The highest BCUT2D eigenvalue weighted by atomic mass is 16.8. The molecule has 2 aliphatic rings. The highest BCUT2D eigenvalue weighted by Crippen LogP contribution is 2.38. The van der Waals surface area contributed by atoms with Gasteiger partial charge in [-0.25, -0.2) is 4.79 Å². The number of rotatable bonds is 5. The average Bonchev–Trinajstić information content (AvgIpc) is 2.74. The number of fused-ring (bicyclic) bond motifs is 1. The molecular weight excluding hydrogens is 280 g/mol. The van der Waals surface area contributed by atoms with Gasteiger partial charge in [-0.15, -0.1) is 0 Å². The lowest BCUT2D eigenvalue weighted by Crippen LogP contribution is -2.49. The SMILES string of the molecule is CCOC(=O)C1=C[C@H](OCOC)[C@@H]2OC(C)(C)O[C@H]2[C@H]1O. The lowest BCUT2D eigenvalue weighted by atomic mass is 9.89. The number of carbonyl (C=O) groups excluding carboxylic acids is 1. The summed E-state index contributed by atoms with van der Waals surface area (Å²) in [5.41, 5.74) is 0.125. The zero-order valence-electron chi connectivity index (χ0n) is 12.7. The van der Waals surface area contributed by atoms with Crippen LogP contribution in [0.3, 0.4) is 0 Å². The number of carbonyl (C=O) groups is 1. The molecule has 1 aliphatic heterocycles. The molecule has 1 N–H and O–H groups in total. The molecule has 0 aromatic heterocycles. The van der Waals surface area contributed by atoms with Crippen molar-refractivity contribution >= 4 is 5.97 Å². The molecule has 0 spiro atoms. The van der Waals surface area contributed by atoms with Gasteiger partial charge < -0.3 is 28.8 Å². The predicted octanol–water partition coefficient (Wildman–Crippen LogP) is 0.360. The Bertz CT molecular complexity index is 418. The zero-order chi connectivity index (χ0) is 15.6. The van der Waals surface area contributed by atoms with Crippen molar-refractivity contribution in [3.63, 3.8) is 0 Å². The Morgan fingerprint density at radius 1 is 1.38 bits per heavy atom. The van der Waals surface area contributed by atoms with E-state index < -0.39 is 36.2 Å². The van der Waals surface area contributed by atoms with Gasteiger partial charge in [0, 0.05) is 7.11 Å². The first-order chi connectivity index (χ1) is 9.89. The quantitative estimate of drug-likeness (QED) is 0.580. The van der Waals surface area contributed by atoms with Crippen LogP contribution >= 0.6 is 0 Å². The van der Waals surface area contributed by atoms with Crippen molar-refractivity contribution in [1.29, 1.82) is 0 Å². The third-order valence-electron chi connectivity index (χ3n) is 3.35. The monoisotopic (exact) mass is 302 g/mol. The lowest BCUT2D eigenvalue weighted by molar-refractivity contribution is -0.164. The molecule has 120 valence electrons. The van der Waals surface area contributed by atoms with Crippen LogP contribution in [0.2, 0.25) is 0 Å². The minimum atomic E-state index is -1.11. The molecule has 0 bridgehead atoms. The molecule has 21 heavy (non-hydrogen) atoms. The summed E-state index contributed by atoms with van der Waals surface area (Å²) in [5, 5.41) is 10.4. The number of hydrogen-bond acceptors (Lipinski definition) is 7. The first kappa shape index (κ1) is 16.4. The minimum absolute atomic E-state index is 0.0420. The van der Waals surface area contributed by atoms with Gasteiger partial charge in [0.1, 0.15) is 31.2 Å². The maximum atomic E-state index is 11.9. The average molecular weight is 302 g/mol. The normalized spacial score (nSPS) is 34.2. The molecule has 0 aromatic rings. The van der Waals surface area contributed by atoms with E-state index in [-0.39, 0.29) is 19.0 Å². The number of esters is 1. The maximum absolute atomic E-state index is 11.9. The first-order valence-corrected chi connectivity index (χ1v) is 6.92. The molecule has 1 aliphatic carbocycles. The second-order valence-corrected chi connectivity index (χ2v) is 5.39. The fourth-order valence-corrected chi connectivity index (χ4v) is 2.56. The van der Waals surface area contributed by atoms with Crippen molar-refractivity contribution in [2.24, 2.45) is 0 Å². The molecule has 7 nitrogen and oxygen atoms in total. The van der Waals surface area contributed by atoms with Crippen LogP contribution in [0.4, 0.5) is 0 Å². The summed E-state index contributed by atoms with van der Waals surface area (Å²) in [5.74, 6) is -1.44. The summed E-state index contributed by atoms with van der Waals surface area (Å²) in [4.78, 5) is 11.9. The van der Waals surface area contributed by atoms with Gasteiger partial charge in [-0.2, -0.15) is 0 Å². The second kappa shape index (κ2) is 6.41. The predicted molar refractivity (Wildman–Crippen MR) is 71.3 cm³/mol. The molecule has 0 unspecified atom stereocenters. The number of methoxy groups -OCH3 is 1. The topological polar surface area (TPSA) is 83.5 Å². The Hall–Kier alpha value is -0.990. The molecule has 1 saturated heterocycles. The van der Waals surface area contributed by atoms with E-state index >= 15 is 0 Å². The van der Waals surface area contributed by atoms with Crippen molar-refractivity contribution < 1.29 is 33.6 Å². The third-order valence-corrected chi connectivity index (χ3v) is 3.35. The molecule has 4 atom stereocenters. The van der Waals surface area contributed by atoms with Crippen molar-refractivity contribution in [3.05, 3.63) is 11.6 Å². The highest BCUT2D eigenvalue weighted by Gasteiger charge is 2.52. The minimum Gasteiger partial charge on any atom is -0.463 e. The Kier molecular flexibility index (Phi) is 5.00. The van der Waals surface area contributed by atoms with E-state index in [0.29, 0.717) is 0 Å². The fraction of sp³-hybridized carbons (Fsp3) is 0.786. The molecule has 0 aromatic carbocycles. The number of ether oxygens (including phenoxy) is 5. The van der Waals surface area contributed by atoms with Gasteiger partial charge in [0.2, 0.25) is 0 Å². The molecule has 0 radical (unpaired) electrons. The van der Waals surface area contributed by atoms with Crippen LogP contribution < -0.4 is 0 Å². The van der Waals surface area contributed by atoms with Gasteiger partial charge in [-0.3, -0.25) is 0 Å². The second-order valence-electron chi connectivity index (χ2n) is 5.39. The van der Waals surface area contributed by atoms with E-state index in [1.54, 1.807) is 20.8 Å². The largest absolute Gasteiger partial charge is 0.463 e. The smallest absolute Gasteiger partial charge is 0.336 e. The zero-order valence-corrected chi connectivity index (χ0v) is 12.7. The van der Waals surface area contributed by atoms with Crippen LogP contribution in [-0.4, -0.2) is 61.8 Å². The van der Waals surface area contributed by atoms with Crippen molar-refractivity contribution in [3.8, 4) is 0 Å². The van der Waals surface area contributed by atoms with Crippen molar-refractivity contribution in [2.75, 3.05) is 20.5 Å². The van der Waals surface area contributed by atoms with E-state index in [2.05, 4.69) is 0 Å². The standard InChI is InChI=1S/C14H22O7/c1-5-18-13(16)8-6-9(19-7-17-4)11-12(10(8)15)21-14(2,3)20-11/h6,9-12,15H,5,7H2,1-4H3/t9-,10-,11-,12-/m0/s1. The Morgan fingerprint density at radius 3 is 2.67 bits per heavy atom. The molecule has 1 fully saturated rings. The summed E-state index contributed by atoms with van der Waals surface area (Å²) >= 11 is 0. The van der Waals surface area contributed by atoms with E-state index in [9.17, 15) is 9.90 Å². The Balaban J connectivity index is 2.25. The van der Waals surface area contributed by atoms with Crippen LogP contribution in [0, 0.1) is 0 Å². The molecular formula is C14H22O7. The van der Waals surface area contributed by atoms with Gasteiger partial charge in [0.25, 0.3) is 0 Å². The Morgan fingerprint density at radius 2 is 2.05 bits per heavy atom. The van der Waals surface area contributed by atoms with Crippen molar-refractivity contribution in [1.82, 2.24) is 0 Å². The van der Waals surface area contributed by atoms with Crippen LogP contribution in [0.25, 0.3) is 0 Å². The Labute approximate surface area is 123 Å². The summed E-state index contributed by atoms with van der Waals surface area (Å²) in [7, 11) is 1.50. The highest BCUT2D eigenvalue weighted by molar-refractivity contribution is 5.90. The van der Waals surface area contributed by atoms with Crippen LogP contribution in [0.1, 0.15) is 20.8 Å². The molecule has 7 heteroatoms. The first-order valence-electron chi connectivity index (χ1n) is 6.92. The van der Waals surface area contributed by atoms with Gasteiger partial charge in [-0.05, 0) is 26.8 Å². The molecule has 0 saturated carbocycles. The lowest BCUT2D eigenvalue weighted by Gasteiger charge is -2.32. The summed E-state index contributed by atoms with van der Waals surface area (Å²) in [6.07, 6.45) is -1.35. The molecule has 1 heterocycles. The summed E-state index contributed by atoms with van der Waals surface area (Å²) in [6, 6.07) is 0. The fourth-order valence-electron chi connectivity index (χ4n) is 2.56. The van der Waals surface area contributed by atoms with Gasteiger partial charge in [0.15, 0.2) is 5.79 Å². The van der Waals surface area contributed by atoms with Gasteiger partial charge in [0.05, 0.1) is 12.2 Å². The summed E-state index contributed by atoms with van der Waals surface area (Å²) in [6.45, 7) is 5.46. The number of aliphatic hydroxyl groups excluding tert-OH is 1. The number of aliphatic hydroxyl groups is 1. The number of hydrogen-bond donors (Lipinski definition) is 1. The van der Waals surface area contributed by atoms with E-state index in [1.807, 2.05) is 0 Å². The molecule has 0 amide bonds. The van der Waals surface area contributed by atoms with E-state index in [4.69, 9.17) is 23.7 Å². The maximum Gasteiger partial charge on any atom is 0.336 e. The van der Waals surface area contributed by atoms with Crippen LogP contribution in [-0.2, 0) is 28.5 Å². The van der Waals surface area contributed by atoms with E-state index in [1.165, 1.54) is 13.2 Å². The van der Waals surface area contributed by atoms with Crippen LogP contribution in [0.5, 0.6) is 0 Å². The third kappa shape index (κ3) is 3.44. The molecule has 2 rings (SSSR count). The van der Waals surface area contributed by atoms with E-state index in [0.717, 1.165) is 0 Å². The van der Waals surface area contributed by atoms with Gasteiger partial charge >= 0.3 is 5.97 Å². The van der Waals surface area contributed by atoms with Crippen LogP contribution in [0.15, 0.2) is 11.6 Å². The summed E-state index contributed by atoms with van der Waals surface area (Å²) < 4.78 is 26.8. The van der Waals surface area contributed by atoms with Gasteiger partial charge in [-0.1, -0.05) is 0 Å². The van der Waals surface area contributed by atoms with Crippen molar-refractivity contribution in [2.45, 2.75) is 51.0 Å².